The molecule has 0 radical (unpaired) electrons. The Balaban J connectivity index is 2.50. The fraction of sp³-hybridized carbons (Fsp3) is 0.500. The molecule has 1 heterocycles. The predicted molar refractivity (Wildman–Crippen MR) is 52.6 cm³/mol. The van der Waals surface area contributed by atoms with Crippen LogP contribution in [0.5, 0.6) is 0 Å². The van der Waals surface area contributed by atoms with Gasteiger partial charge in [0.2, 0.25) is 0 Å². The molecule has 84 valence electrons. The second kappa shape index (κ2) is 6.42. The Morgan fingerprint density at radius 1 is 1.47 bits per heavy atom. The minimum absolute atomic E-state index is 0.118. The van der Waals surface area contributed by atoms with Gasteiger partial charge in [0.05, 0.1) is 13.2 Å². The first-order chi connectivity index (χ1) is 7.22. The Bertz CT molecular complexity index is 269. The molecule has 1 aromatic heterocycles. The van der Waals surface area contributed by atoms with E-state index in [1.165, 1.54) is 4.90 Å². The highest BCUT2D eigenvalue weighted by Gasteiger charge is 2.11. The van der Waals surface area contributed by atoms with Crippen molar-refractivity contribution in [2.45, 2.75) is 13.0 Å². The van der Waals surface area contributed by atoms with Gasteiger partial charge in [-0.1, -0.05) is 6.07 Å². The van der Waals surface area contributed by atoms with E-state index in [1.54, 1.807) is 18.5 Å². The van der Waals surface area contributed by atoms with Gasteiger partial charge in [-0.15, -0.1) is 0 Å². The zero-order valence-corrected chi connectivity index (χ0v) is 8.31. The molecule has 0 saturated heterocycles. The first-order valence-corrected chi connectivity index (χ1v) is 4.72. The molecule has 1 aromatic rings. The first-order valence-electron chi connectivity index (χ1n) is 4.72. The van der Waals surface area contributed by atoms with Gasteiger partial charge < -0.3 is 5.11 Å². The summed E-state index contributed by atoms with van der Waals surface area (Å²) in [6, 6.07) is 3.58. The van der Waals surface area contributed by atoms with Crippen LogP contribution in [-0.2, 0) is 6.54 Å². The molecule has 0 aliphatic carbocycles. The fourth-order valence-electron chi connectivity index (χ4n) is 1.32. The van der Waals surface area contributed by atoms with Crippen LogP contribution in [-0.4, -0.2) is 41.1 Å². The van der Waals surface area contributed by atoms with Crippen LogP contribution in [0.2, 0.25) is 0 Å². The first kappa shape index (κ1) is 12.0. The van der Waals surface area contributed by atoms with Gasteiger partial charge in [0.15, 0.2) is 0 Å². The van der Waals surface area contributed by atoms with Gasteiger partial charge in [0, 0.05) is 25.5 Å². The van der Waals surface area contributed by atoms with Crippen LogP contribution in [0.15, 0.2) is 24.5 Å². The molecule has 1 rings (SSSR count). The summed E-state index contributed by atoms with van der Waals surface area (Å²) in [6.07, 6.45) is 0.885. The lowest BCUT2D eigenvalue weighted by atomic mass is 10.2. The van der Waals surface area contributed by atoms with E-state index in [9.17, 15) is 8.78 Å². The van der Waals surface area contributed by atoms with E-state index >= 15 is 0 Å². The van der Waals surface area contributed by atoms with Gasteiger partial charge in [0.1, 0.15) is 0 Å². The van der Waals surface area contributed by atoms with Crippen LogP contribution >= 0.6 is 0 Å². The topological polar surface area (TPSA) is 36.4 Å². The highest BCUT2D eigenvalue weighted by molar-refractivity contribution is 5.08. The molecular weight excluding hydrogens is 202 g/mol. The number of pyridine rings is 1. The van der Waals surface area contributed by atoms with Crippen molar-refractivity contribution in [2.24, 2.45) is 0 Å². The SMILES string of the molecule is OCCN(Cc1cccnc1)CC(F)F. The van der Waals surface area contributed by atoms with Crippen LogP contribution in [0.4, 0.5) is 8.78 Å². The smallest absolute Gasteiger partial charge is 0.251 e. The van der Waals surface area contributed by atoms with Crippen molar-refractivity contribution < 1.29 is 13.9 Å². The van der Waals surface area contributed by atoms with Crippen LogP contribution < -0.4 is 0 Å². The number of rotatable bonds is 6. The third kappa shape index (κ3) is 4.80. The van der Waals surface area contributed by atoms with Crippen LogP contribution in [0, 0.1) is 0 Å². The minimum atomic E-state index is -2.38. The van der Waals surface area contributed by atoms with Gasteiger partial charge in [-0.2, -0.15) is 0 Å². The summed E-state index contributed by atoms with van der Waals surface area (Å²) in [7, 11) is 0. The van der Waals surface area contributed by atoms with Gasteiger partial charge >= 0.3 is 0 Å². The summed E-state index contributed by atoms with van der Waals surface area (Å²) >= 11 is 0. The Morgan fingerprint density at radius 2 is 2.27 bits per heavy atom. The Morgan fingerprint density at radius 3 is 2.80 bits per heavy atom. The lowest BCUT2D eigenvalue weighted by Gasteiger charge is -2.20. The third-order valence-corrected chi connectivity index (χ3v) is 1.94. The van der Waals surface area contributed by atoms with E-state index in [4.69, 9.17) is 5.11 Å². The van der Waals surface area contributed by atoms with E-state index in [0.717, 1.165) is 5.56 Å². The number of nitrogens with zero attached hydrogens (tertiary/aromatic N) is 2. The molecule has 5 heteroatoms. The largest absolute Gasteiger partial charge is 0.395 e. The van der Waals surface area contributed by atoms with Crippen LogP contribution in [0.25, 0.3) is 0 Å². The van der Waals surface area contributed by atoms with Crippen LogP contribution in [0.3, 0.4) is 0 Å². The van der Waals surface area contributed by atoms with Crippen molar-refractivity contribution in [1.82, 2.24) is 9.88 Å². The number of aliphatic hydroxyl groups excluding tert-OH is 1. The number of hydrogen-bond acceptors (Lipinski definition) is 3. The monoisotopic (exact) mass is 216 g/mol. The number of aromatic nitrogens is 1. The fourth-order valence-corrected chi connectivity index (χ4v) is 1.32. The van der Waals surface area contributed by atoms with E-state index in [1.807, 2.05) is 6.07 Å². The van der Waals surface area contributed by atoms with E-state index in [0.29, 0.717) is 6.54 Å². The maximum Gasteiger partial charge on any atom is 0.251 e. The quantitative estimate of drug-likeness (QED) is 0.774. The van der Waals surface area contributed by atoms with Crippen molar-refractivity contribution >= 4 is 0 Å². The van der Waals surface area contributed by atoms with E-state index in [2.05, 4.69) is 4.98 Å². The molecule has 3 nitrogen and oxygen atoms in total. The number of alkyl halides is 2. The van der Waals surface area contributed by atoms with E-state index < -0.39 is 6.43 Å². The number of halogens is 2. The minimum Gasteiger partial charge on any atom is -0.395 e. The summed E-state index contributed by atoms with van der Waals surface area (Å²) in [6.45, 7) is 0.195. The Kier molecular flexibility index (Phi) is 5.14. The maximum atomic E-state index is 12.2. The molecular formula is C10H14F2N2O. The highest BCUT2D eigenvalue weighted by Crippen LogP contribution is 2.05. The highest BCUT2D eigenvalue weighted by atomic mass is 19.3. The molecule has 0 aliphatic rings. The van der Waals surface area contributed by atoms with Crippen molar-refractivity contribution in [2.75, 3.05) is 19.7 Å². The van der Waals surface area contributed by atoms with Gasteiger partial charge in [0.25, 0.3) is 6.43 Å². The molecule has 15 heavy (non-hydrogen) atoms. The number of aliphatic hydroxyl groups is 1. The molecule has 0 unspecified atom stereocenters. The molecule has 0 amide bonds. The van der Waals surface area contributed by atoms with Crippen molar-refractivity contribution in [3.63, 3.8) is 0 Å². The second-order valence-corrected chi connectivity index (χ2v) is 3.21. The molecule has 0 bridgehead atoms. The summed E-state index contributed by atoms with van der Waals surface area (Å²) in [5, 5.41) is 8.73. The van der Waals surface area contributed by atoms with Gasteiger partial charge in [-0.05, 0) is 11.6 Å². The van der Waals surface area contributed by atoms with E-state index in [-0.39, 0.29) is 19.7 Å². The average Bonchev–Trinajstić information content (AvgIpc) is 2.18. The van der Waals surface area contributed by atoms with Crippen molar-refractivity contribution in [1.29, 1.82) is 0 Å². The lowest BCUT2D eigenvalue weighted by molar-refractivity contribution is 0.0746. The zero-order valence-electron chi connectivity index (χ0n) is 8.31. The van der Waals surface area contributed by atoms with Gasteiger partial charge in [-0.3, -0.25) is 9.88 Å². The van der Waals surface area contributed by atoms with Crippen molar-refractivity contribution in [3.8, 4) is 0 Å². The number of hydrogen-bond donors (Lipinski definition) is 1. The molecule has 0 aliphatic heterocycles. The molecule has 0 atom stereocenters. The molecule has 1 N–H and O–H groups in total. The Labute approximate surface area is 87.4 Å². The summed E-state index contributed by atoms with van der Waals surface area (Å²) in [5.41, 5.74) is 0.867. The summed E-state index contributed by atoms with van der Waals surface area (Å²) in [4.78, 5) is 5.40. The second-order valence-electron chi connectivity index (χ2n) is 3.21. The zero-order chi connectivity index (χ0) is 11.1. The van der Waals surface area contributed by atoms with Gasteiger partial charge in [-0.25, -0.2) is 8.78 Å². The molecule has 0 saturated carbocycles. The van der Waals surface area contributed by atoms with Crippen molar-refractivity contribution in [3.05, 3.63) is 30.1 Å². The summed E-state index contributed by atoms with van der Waals surface area (Å²) < 4.78 is 24.3. The Hall–Kier alpha value is -1.07. The third-order valence-electron chi connectivity index (χ3n) is 1.94. The normalized spacial score (nSPS) is 11.3. The molecule has 0 fully saturated rings. The maximum absolute atomic E-state index is 12.2. The standard InChI is InChI=1S/C10H14F2N2O/c11-10(12)8-14(4-5-15)7-9-2-1-3-13-6-9/h1-3,6,10,15H,4-5,7-8H2. The summed E-state index contributed by atoms with van der Waals surface area (Å²) in [5.74, 6) is 0. The van der Waals surface area contributed by atoms with Crippen LogP contribution in [0.1, 0.15) is 5.56 Å². The molecule has 0 spiro atoms. The molecule has 0 aromatic carbocycles. The lowest BCUT2D eigenvalue weighted by Crippen LogP contribution is -2.31. The predicted octanol–water partition coefficient (Wildman–Crippen LogP) is 1.14. The average molecular weight is 216 g/mol.